The van der Waals surface area contributed by atoms with Crippen molar-refractivity contribution in [3.05, 3.63) is 0 Å². The summed E-state index contributed by atoms with van der Waals surface area (Å²) in [6, 6.07) is 0.233. The van der Waals surface area contributed by atoms with Gasteiger partial charge >= 0.3 is 0 Å². The maximum absolute atomic E-state index is 5.94. The van der Waals surface area contributed by atoms with E-state index in [1.165, 1.54) is 0 Å². The molecule has 0 radical (unpaired) electrons. The molecule has 0 aromatic carbocycles. The Bertz CT molecular complexity index is 142. The van der Waals surface area contributed by atoms with Crippen LogP contribution in [0.25, 0.3) is 0 Å². The Hall–Kier alpha value is -0.0800. The van der Waals surface area contributed by atoms with Crippen LogP contribution in [0.3, 0.4) is 0 Å². The quantitative estimate of drug-likeness (QED) is 0.624. The fourth-order valence-corrected chi connectivity index (χ4v) is 1.70. The fourth-order valence-electron chi connectivity index (χ4n) is 1.70. The average Bonchev–Trinajstić information content (AvgIpc) is 1.52. The van der Waals surface area contributed by atoms with Gasteiger partial charge in [0.15, 0.2) is 0 Å². The number of rotatable bonds is 1. The van der Waals surface area contributed by atoms with Crippen molar-refractivity contribution in [1.82, 2.24) is 0 Å². The van der Waals surface area contributed by atoms with Gasteiger partial charge in [-0.1, -0.05) is 20.8 Å². The number of hydrogen-bond donors (Lipinski definition) is 1. The van der Waals surface area contributed by atoms with E-state index < -0.39 is 0 Å². The van der Waals surface area contributed by atoms with E-state index in [0.717, 1.165) is 13.2 Å². The molecule has 1 atom stereocenters. The summed E-state index contributed by atoms with van der Waals surface area (Å²) in [5.41, 5.74) is 6.42. The van der Waals surface area contributed by atoms with Crippen molar-refractivity contribution in [2.24, 2.45) is 16.6 Å². The second-order valence-corrected chi connectivity index (χ2v) is 4.69. The molecule has 1 heterocycles. The van der Waals surface area contributed by atoms with Gasteiger partial charge < -0.3 is 10.5 Å². The first-order valence-electron chi connectivity index (χ1n) is 4.23. The monoisotopic (exact) mass is 157 g/mol. The second kappa shape index (κ2) is 2.46. The van der Waals surface area contributed by atoms with Crippen LogP contribution in [0.1, 0.15) is 27.7 Å². The summed E-state index contributed by atoms with van der Waals surface area (Å²) in [6.07, 6.45) is 0. The minimum absolute atomic E-state index is 0.215. The zero-order valence-electron chi connectivity index (χ0n) is 7.98. The van der Waals surface area contributed by atoms with E-state index in [1.807, 2.05) is 0 Å². The Morgan fingerprint density at radius 1 is 1.36 bits per heavy atom. The third kappa shape index (κ3) is 1.18. The van der Waals surface area contributed by atoms with Gasteiger partial charge in [-0.2, -0.15) is 0 Å². The maximum atomic E-state index is 5.94. The van der Waals surface area contributed by atoms with Crippen LogP contribution in [0, 0.1) is 10.8 Å². The number of hydrogen-bond acceptors (Lipinski definition) is 2. The summed E-state index contributed by atoms with van der Waals surface area (Å²) in [5.74, 6) is 0. The number of ether oxygens (including phenoxy) is 1. The van der Waals surface area contributed by atoms with Crippen molar-refractivity contribution >= 4 is 0 Å². The minimum Gasteiger partial charge on any atom is -0.380 e. The zero-order chi connectivity index (χ0) is 8.70. The van der Waals surface area contributed by atoms with Gasteiger partial charge in [-0.05, 0) is 12.3 Å². The first kappa shape index (κ1) is 9.01. The molecule has 2 heteroatoms. The molecule has 1 rings (SSSR count). The molecule has 2 N–H and O–H groups in total. The van der Waals surface area contributed by atoms with Gasteiger partial charge in [0.25, 0.3) is 0 Å². The average molecular weight is 157 g/mol. The third-order valence-corrected chi connectivity index (χ3v) is 3.08. The fraction of sp³-hybridized carbons (Fsp3) is 1.00. The van der Waals surface area contributed by atoms with E-state index in [0.29, 0.717) is 0 Å². The van der Waals surface area contributed by atoms with Crippen LogP contribution in [0.15, 0.2) is 0 Å². The van der Waals surface area contributed by atoms with Crippen molar-refractivity contribution in [3.63, 3.8) is 0 Å². The molecule has 0 aliphatic carbocycles. The molecule has 2 nitrogen and oxygen atoms in total. The van der Waals surface area contributed by atoms with Crippen molar-refractivity contribution in [2.45, 2.75) is 33.7 Å². The lowest BCUT2D eigenvalue weighted by Gasteiger charge is -2.53. The Morgan fingerprint density at radius 2 is 1.82 bits per heavy atom. The Balaban J connectivity index is 2.76. The third-order valence-electron chi connectivity index (χ3n) is 3.08. The largest absolute Gasteiger partial charge is 0.380 e. The molecule has 0 spiro atoms. The zero-order valence-corrected chi connectivity index (χ0v) is 7.98. The van der Waals surface area contributed by atoms with E-state index in [2.05, 4.69) is 27.7 Å². The minimum atomic E-state index is 0.215. The predicted molar refractivity (Wildman–Crippen MR) is 46.4 cm³/mol. The molecule has 1 fully saturated rings. The summed E-state index contributed by atoms with van der Waals surface area (Å²) in [7, 11) is 0. The summed E-state index contributed by atoms with van der Waals surface area (Å²) in [4.78, 5) is 0. The van der Waals surface area contributed by atoms with Crippen molar-refractivity contribution in [2.75, 3.05) is 13.2 Å². The van der Waals surface area contributed by atoms with Gasteiger partial charge in [-0.3, -0.25) is 0 Å². The maximum Gasteiger partial charge on any atom is 0.0564 e. The summed E-state index contributed by atoms with van der Waals surface area (Å²) < 4.78 is 5.25. The van der Waals surface area contributed by atoms with Gasteiger partial charge in [-0.15, -0.1) is 0 Å². The molecule has 1 aliphatic heterocycles. The van der Waals surface area contributed by atoms with Crippen LogP contribution in [-0.4, -0.2) is 19.3 Å². The summed E-state index contributed by atoms with van der Waals surface area (Å²) in [5, 5.41) is 0. The van der Waals surface area contributed by atoms with Gasteiger partial charge in [0, 0.05) is 11.5 Å². The van der Waals surface area contributed by atoms with Crippen molar-refractivity contribution in [1.29, 1.82) is 0 Å². The van der Waals surface area contributed by atoms with E-state index >= 15 is 0 Å². The van der Waals surface area contributed by atoms with E-state index in [1.54, 1.807) is 0 Å². The van der Waals surface area contributed by atoms with Crippen LogP contribution >= 0.6 is 0 Å². The highest BCUT2D eigenvalue weighted by Gasteiger charge is 2.50. The molecule has 1 aliphatic rings. The van der Waals surface area contributed by atoms with Gasteiger partial charge in [-0.25, -0.2) is 0 Å². The molecule has 66 valence electrons. The Kier molecular flexibility index (Phi) is 2.01. The highest BCUT2D eigenvalue weighted by Crippen LogP contribution is 2.46. The molecule has 0 aromatic rings. The molecule has 11 heavy (non-hydrogen) atoms. The molecule has 0 aromatic heterocycles. The lowest BCUT2D eigenvalue weighted by Crippen LogP contribution is -2.61. The van der Waals surface area contributed by atoms with Crippen LogP contribution in [-0.2, 0) is 4.74 Å². The smallest absolute Gasteiger partial charge is 0.0564 e. The molecular weight excluding hydrogens is 138 g/mol. The standard InChI is InChI=1S/C9H19NO/c1-7(10)9(5-11-6-9)8(2,3)4/h7H,5-6,10H2,1-4H3. The molecule has 1 saturated heterocycles. The molecule has 0 bridgehead atoms. The Labute approximate surface area is 69.1 Å². The number of nitrogens with two attached hydrogens (primary N) is 1. The summed E-state index contributed by atoms with van der Waals surface area (Å²) >= 11 is 0. The van der Waals surface area contributed by atoms with Crippen molar-refractivity contribution < 1.29 is 4.74 Å². The van der Waals surface area contributed by atoms with Crippen molar-refractivity contribution in [3.8, 4) is 0 Å². The first-order valence-corrected chi connectivity index (χ1v) is 4.23. The highest BCUT2D eigenvalue weighted by atomic mass is 16.5. The van der Waals surface area contributed by atoms with Gasteiger partial charge in [0.1, 0.15) is 0 Å². The molecular formula is C9H19NO. The summed E-state index contributed by atoms with van der Waals surface area (Å²) in [6.45, 7) is 10.4. The second-order valence-electron chi connectivity index (χ2n) is 4.69. The molecule has 1 unspecified atom stereocenters. The van der Waals surface area contributed by atoms with Crippen LogP contribution in [0.2, 0.25) is 0 Å². The van der Waals surface area contributed by atoms with E-state index in [-0.39, 0.29) is 16.9 Å². The lowest BCUT2D eigenvalue weighted by atomic mass is 9.61. The first-order chi connectivity index (χ1) is 4.90. The van der Waals surface area contributed by atoms with Crippen LogP contribution in [0.5, 0.6) is 0 Å². The highest BCUT2D eigenvalue weighted by molar-refractivity contribution is 5.00. The normalized spacial score (nSPS) is 25.9. The molecule has 0 saturated carbocycles. The molecule has 0 amide bonds. The van der Waals surface area contributed by atoms with E-state index in [4.69, 9.17) is 10.5 Å². The van der Waals surface area contributed by atoms with E-state index in [9.17, 15) is 0 Å². The SMILES string of the molecule is CC(N)C1(C(C)(C)C)COC1. The lowest BCUT2D eigenvalue weighted by molar-refractivity contribution is -0.180. The Morgan fingerprint density at radius 3 is 1.82 bits per heavy atom. The topological polar surface area (TPSA) is 35.2 Å². The van der Waals surface area contributed by atoms with Crippen LogP contribution in [0.4, 0.5) is 0 Å². The van der Waals surface area contributed by atoms with Crippen LogP contribution < -0.4 is 5.73 Å². The van der Waals surface area contributed by atoms with Gasteiger partial charge in [0.05, 0.1) is 13.2 Å². The predicted octanol–water partition coefficient (Wildman–Crippen LogP) is 1.40. The van der Waals surface area contributed by atoms with Gasteiger partial charge in [0.2, 0.25) is 0 Å².